The molecule has 1 aromatic carbocycles. The van der Waals surface area contributed by atoms with E-state index in [1.807, 2.05) is 43.5 Å². The van der Waals surface area contributed by atoms with E-state index in [0.717, 1.165) is 5.56 Å². The molecule has 1 N–H and O–H groups in total. The van der Waals surface area contributed by atoms with Gasteiger partial charge in [0.15, 0.2) is 10.9 Å². The average Bonchev–Trinajstić information content (AvgIpc) is 3.53. The first-order valence-electron chi connectivity index (χ1n) is 10.8. The molecule has 172 valence electrons. The highest BCUT2D eigenvalue weighted by molar-refractivity contribution is 7.14. The molecule has 0 saturated carbocycles. The van der Waals surface area contributed by atoms with Crippen LogP contribution >= 0.6 is 11.3 Å². The Morgan fingerprint density at radius 1 is 1.21 bits per heavy atom. The largest absolute Gasteiger partial charge is 0.505 e. The number of thiazole rings is 1. The molecule has 34 heavy (non-hydrogen) atoms. The highest BCUT2D eigenvalue weighted by Gasteiger charge is 2.48. The van der Waals surface area contributed by atoms with Gasteiger partial charge in [-0.2, -0.15) is 0 Å². The number of fused-ring (bicyclic) bond motifs is 1. The van der Waals surface area contributed by atoms with Gasteiger partial charge in [0.2, 0.25) is 0 Å². The fraction of sp³-hybridized carbons (Fsp3) is 0.200. The van der Waals surface area contributed by atoms with Gasteiger partial charge in [-0.3, -0.25) is 14.5 Å². The number of pyridine rings is 1. The molecule has 0 spiro atoms. The van der Waals surface area contributed by atoms with Gasteiger partial charge in [-0.05, 0) is 50.1 Å². The van der Waals surface area contributed by atoms with Crippen molar-refractivity contribution < 1.29 is 19.4 Å². The number of rotatable bonds is 5. The number of benzene rings is 1. The fourth-order valence-electron chi connectivity index (χ4n) is 4.30. The van der Waals surface area contributed by atoms with Crippen molar-refractivity contribution in [3.05, 3.63) is 82.3 Å². The van der Waals surface area contributed by atoms with E-state index >= 15 is 0 Å². The summed E-state index contributed by atoms with van der Waals surface area (Å²) < 4.78 is 7.50. The quantitative estimate of drug-likeness (QED) is 0.261. The third-order valence-electron chi connectivity index (χ3n) is 5.86. The molecule has 0 radical (unpaired) electrons. The summed E-state index contributed by atoms with van der Waals surface area (Å²) in [6, 6.07) is 10.1. The average molecular weight is 475 g/mol. The normalized spacial score (nSPS) is 17.6. The van der Waals surface area contributed by atoms with Gasteiger partial charge in [0.25, 0.3) is 5.78 Å². The molecule has 4 aromatic rings. The Bertz CT molecular complexity index is 1460. The van der Waals surface area contributed by atoms with E-state index in [0.29, 0.717) is 34.4 Å². The van der Waals surface area contributed by atoms with Gasteiger partial charge in [-0.25, -0.2) is 9.97 Å². The number of carbonyl (C=O) groups is 2. The standard InChI is InChI=1S/C25H22N4O4S/c1-4-33-17-9-5-8-16(13-17)20-18(22(31)24(32)29(20)25-26-10-12-34-25)21(30)19-15(3)28-11-6-7-14(2)23(28)27-19/h5-13,20,30H,4H2,1-3H3/b21-18+. The van der Waals surface area contributed by atoms with E-state index in [1.165, 1.54) is 16.2 Å². The Hall–Kier alpha value is -3.98. The first-order chi connectivity index (χ1) is 16.4. The summed E-state index contributed by atoms with van der Waals surface area (Å²) in [5, 5.41) is 13.6. The molecular formula is C25H22N4O4S. The van der Waals surface area contributed by atoms with Crippen LogP contribution in [0.3, 0.4) is 0 Å². The lowest BCUT2D eigenvalue weighted by molar-refractivity contribution is -0.132. The molecule has 1 atom stereocenters. The minimum absolute atomic E-state index is 0.0296. The zero-order valence-electron chi connectivity index (χ0n) is 18.8. The Balaban J connectivity index is 1.76. The SMILES string of the molecule is CCOc1cccc(C2/C(=C(\O)c3nc4c(C)cccn4c3C)C(=O)C(=O)N2c2nccs2)c1. The van der Waals surface area contributed by atoms with E-state index in [1.54, 1.807) is 35.8 Å². The molecule has 0 bridgehead atoms. The van der Waals surface area contributed by atoms with Crippen molar-refractivity contribution in [2.45, 2.75) is 26.8 Å². The van der Waals surface area contributed by atoms with E-state index < -0.39 is 17.7 Å². The number of hydrogen-bond acceptors (Lipinski definition) is 7. The lowest BCUT2D eigenvalue weighted by Crippen LogP contribution is -2.29. The summed E-state index contributed by atoms with van der Waals surface area (Å²) in [4.78, 5) is 36.7. The van der Waals surface area contributed by atoms with Crippen molar-refractivity contribution in [1.29, 1.82) is 0 Å². The maximum absolute atomic E-state index is 13.3. The molecule has 8 nitrogen and oxygen atoms in total. The van der Waals surface area contributed by atoms with Crippen LogP contribution in [0.5, 0.6) is 5.75 Å². The number of amides is 1. The van der Waals surface area contributed by atoms with Crippen LogP contribution in [-0.2, 0) is 9.59 Å². The number of aliphatic hydroxyl groups excluding tert-OH is 1. The molecule has 5 rings (SSSR count). The molecule has 9 heteroatoms. The Labute approximate surface area is 199 Å². The molecule has 1 unspecified atom stereocenters. The van der Waals surface area contributed by atoms with Gasteiger partial charge in [-0.15, -0.1) is 11.3 Å². The molecule has 3 aromatic heterocycles. The maximum atomic E-state index is 13.3. The summed E-state index contributed by atoms with van der Waals surface area (Å²) >= 11 is 1.24. The van der Waals surface area contributed by atoms with Gasteiger partial charge in [0.1, 0.15) is 17.1 Å². The second-order valence-electron chi connectivity index (χ2n) is 7.92. The molecule has 1 aliphatic rings. The van der Waals surface area contributed by atoms with Crippen molar-refractivity contribution in [1.82, 2.24) is 14.4 Å². The number of Topliss-reactive ketones (excluding diaryl/α,β-unsaturated/α-hetero) is 1. The van der Waals surface area contributed by atoms with E-state index in [4.69, 9.17) is 4.74 Å². The topological polar surface area (TPSA) is 97.0 Å². The highest BCUT2D eigenvalue weighted by Crippen LogP contribution is 2.43. The number of aliphatic hydroxyl groups is 1. The third kappa shape index (κ3) is 3.36. The zero-order chi connectivity index (χ0) is 24.0. The minimum Gasteiger partial charge on any atom is -0.505 e. The molecule has 1 aliphatic heterocycles. The van der Waals surface area contributed by atoms with Crippen LogP contribution in [0.2, 0.25) is 0 Å². The van der Waals surface area contributed by atoms with Gasteiger partial charge in [-0.1, -0.05) is 18.2 Å². The van der Waals surface area contributed by atoms with Crippen molar-refractivity contribution >= 4 is 39.6 Å². The number of imidazole rings is 1. The van der Waals surface area contributed by atoms with Crippen LogP contribution < -0.4 is 9.64 Å². The number of aromatic nitrogens is 3. The van der Waals surface area contributed by atoms with Crippen LogP contribution in [0.4, 0.5) is 5.13 Å². The second kappa shape index (κ2) is 8.42. The van der Waals surface area contributed by atoms with Gasteiger partial charge >= 0.3 is 5.91 Å². The number of aryl methyl sites for hydroxylation is 2. The van der Waals surface area contributed by atoms with Crippen LogP contribution in [0.15, 0.2) is 59.7 Å². The molecule has 0 aliphatic carbocycles. The van der Waals surface area contributed by atoms with Crippen LogP contribution in [0.25, 0.3) is 11.4 Å². The van der Waals surface area contributed by atoms with Gasteiger partial charge in [0, 0.05) is 17.8 Å². The van der Waals surface area contributed by atoms with Crippen molar-refractivity contribution in [3.8, 4) is 5.75 Å². The zero-order valence-corrected chi connectivity index (χ0v) is 19.7. The molecule has 1 fully saturated rings. The summed E-state index contributed by atoms with van der Waals surface area (Å²) in [7, 11) is 0. The van der Waals surface area contributed by atoms with Crippen molar-refractivity contribution in [2.75, 3.05) is 11.5 Å². The first-order valence-corrected chi connectivity index (χ1v) is 11.7. The highest BCUT2D eigenvalue weighted by atomic mass is 32.1. The Morgan fingerprint density at radius 3 is 2.74 bits per heavy atom. The van der Waals surface area contributed by atoms with Crippen molar-refractivity contribution in [3.63, 3.8) is 0 Å². The third-order valence-corrected chi connectivity index (χ3v) is 6.63. The summed E-state index contributed by atoms with van der Waals surface area (Å²) in [5.74, 6) is -1.25. The lowest BCUT2D eigenvalue weighted by Gasteiger charge is -2.23. The molecular weight excluding hydrogens is 452 g/mol. The number of carbonyl (C=O) groups excluding carboxylic acids is 2. The molecule has 1 amide bonds. The molecule has 4 heterocycles. The van der Waals surface area contributed by atoms with Crippen LogP contribution in [0, 0.1) is 13.8 Å². The summed E-state index contributed by atoms with van der Waals surface area (Å²) in [6.45, 7) is 6.08. The van der Waals surface area contributed by atoms with E-state index in [2.05, 4.69) is 9.97 Å². The Kier molecular flexibility index (Phi) is 5.41. The summed E-state index contributed by atoms with van der Waals surface area (Å²) in [5.41, 5.74) is 3.12. The number of hydrogen-bond donors (Lipinski definition) is 1. The van der Waals surface area contributed by atoms with Crippen LogP contribution in [-0.4, -0.2) is 37.8 Å². The van der Waals surface area contributed by atoms with Crippen molar-refractivity contribution in [2.24, 2.45) is 0 Å². The number of anilines is 1. The predicted molar refractivity (Wildman–Crippen MR) is 129 cm³/mol. The maximum Gasteiger partial charge on any atom is 0.301 e. The smallest absolute Gasteiger partial charge is 0.301 e. The first kappa shape index (κ1) is 21.8. The predicted octanol–water partition coefficient (Wildman–Crippen LogP) is 4.43. The summed E-state index contributed by atoms with van der Waals surface area (Å²) in [6.07, 6.45) is 3.42. The van der Waals surface area contributed by atoms with E-state index in [-0.39, 0.29) is 17.0 Å². The second-order valence-corrected chi connectivity index (χ2v) is 8.79. The number of nitrogens with zero attached hydrogens (tertiary/aromatic N) is 4. The fourth-order valence-corrected chi connectivity index (χ4v) is 4.96. The lowest BCUT2D eigenvalue weighted by atomic mass is 9.96. The number of ketones is 1. The van der Waals surface area contributed by atoms with Crippen LogP contribution in [0.1, 0.15) is 35.5 Å². The monoisotopic (exact) mass is 474 g/mol. The minimum atomic E-state index is -0.878. The van der Waals surface area contributed by atoms with E-state index in [9.17, 15) is 14.7 Å². The van der Waals surface area contributed by atoms with Gasteiger partial charge < -0.3 is 14.2 Å². The molecule has 1 saturated heterocycles. The Morgan fingerprint density at radius 2 is 2.03 bits per heavy atom. The number of ether oxygens (including phenoxy) is 1. The van der Waals surface area contributed by atoms with Gasteiger partial charge in [0.05, 0.1) is 23.9 Å².